The lowest BCUT2D eigenvalue weighted by molar-refractivity contribution is -0.197. The molecule has 2 fully saturated rings. The molecule has 0 unspecified atom stereocenters. The molecule has 1 saturated heterocycles. The first-order valence-corrected chi connectivity index (χ1v) is 12.9. The first kappa shape index (κ1) is 23.9. The number of piperidine rings is 1. The maximum absolute atomic E-state index is 13.3. The van der Waals surface area contributed by atoms with Crippen molar-refractivity contribution in [2.24, 2.45) is 0 Å². The van der Waals surface area contributed by atoms with E-state index in [2.05, 4.69) is 23.3 Å². The highest BCUT2D eigenvalue weighted by molar-refractivity contribution is 5.94. The number of benzene rings is 2. The number of aliphatic hydroxyl groups is 1. The fourth-order valence-corrected chi connectivity index (χ4v) is 7.45. The van der Waals surface area contributed by atoms with E-state index in [0.29, 0.717) is 49.3 Å². The van der Waals surface area contributed by atoms with E-state index in [1.807, 2.05) is 30.3 Å². The van der Waals surface area contributed by atoms with Gasteiger partial charge in [-0.15, -0.1) is 6.58 Å². The van der Waals surface area contributed by atoms with Crippen LogP contribution in [0, 0.1) is 11.8 Å². The zero-order valence-corrected chi connectivity index (χ0v) is 21.2. The van der Waals surface area contributed by atoms with Gasteiger partial charge in [0.25, 0.3) is 5.91 Å². The van der Waals surface area contributed by atoms with E-state index < -0.39 is 17.1 Å². The summed E-state index contributed by atoms with van der Waals surface area (Å²) in [6.07, 6.45) is 3.89. The minimum Gasteiger partial charge on any atom is -0.504 e. The number of likely N-dealkylation sites (tertiary alicyclic amines) is 1. The summed E-state index contributed by atoms with van der Waals surface area (Å²) in [5.74, 6) is 6.65. The van der Waals surface area contributed by atoms with Crippen LogP contribution in [0.25, 0.3) is 0 Å². The predicted octanol–water partition coefficient (Wildman–Crippen LogP) is 2.62. The smallest absolute Gasteiger partial charge is 0.298 e. The van der Waals surface area contributed by atoms with Crippen LogP contribution in [0.2, 0.25) is 0 Å². The van der Waals surface area contributed by atoms with E-state index in [-0.39, 0.29) is 23.7 Å². The van der Waals surface area contributed by atoms with Crippen LogP contribution in [0.1, 0.15) is 36.0 Å². The summed E-state index contributed by atoms with van der Waals surface area (Å²) in [4.78, 5) is 17.3. The predicted molar refractivity (Wildman–Crippen MR) is 139 cm³/mol. The van der Waals surface area contributed by atoms with Gasteiger partial charge in [-0.2, -0.15) is 0 Å². The van der Waals surface area contributed by atoms with Crippen LogP contribution in [-0.4, -0.2) is 77.0 Å². The van der Waals surface area contributed by atoms with E-state index in [1.165, 1.54) is 0 Å². The minimum absolute atomic E-state index is 0.0804. The number of ether oxygens (including phenoxy) is 2. The number of phenols is 1. The van der Waals surface area contributed by atoms with Gasteiger partial charge in [-0.25, -0.2) is 0 Å². The molecule has 0 aromatic heterocycles. The molecule has 2 N–H and O–H groups in total. The third-order valence-electron chi connectivity index (χ3n) is 9.11. The summed E-state index contributed by atoms with van der Waals surface area (Å²) in [6, 6.07) is 10.6. The lowest BCUT2D eigenvalue weighted by Crippen LogP contribution is -2.78. The largest absolute Gasteiger partial charge is 0.504 e. The molecule has 2 aliphatic heterocycles. The Morgan fingerprint density at radius 3 is 2.97 bits per heavy atom. The van der Waals surface area contributed by atoms with Crippen molar-refractivity contribution in [2.45, 2.75) is 54.9 Å². The van der Waals surface area contributed by atoms with Crippen molar-refractivity contribution in [1.29, 1.82) is 0 Å². The Balaban J connectivity index is 1.37. The zero-order chi connectivity index (χ0) is 25.9. The summed E-state index contributed by atoms with van der Waals surface area (Å²) >= 11 is 0. The molecule has 1 amide bonds. The van der Waals surface area contributed by atoms with Gasteiger partial charge >= 0.3 is 0 Å². The number of methoxy groups -OCH3 is 1. The third-order valence-corrected chi connectivity index (χ3v) is 9.11. The molecule has 4 aliphatic rings. The van der Waals surface area contributed by atoms with Crippen molar-refractivity contribution in [1.82, 2.24) is 9.80 Å². The number of carbonyl (C=O) groups is 1. The standard InChI is InChI=1S/C30H32N2O5/c1-4-15-32-16-14-29-26-20-9-10-23(33)27(26)37-28(29)22(12-13-30(29,35)24(32)18-20)31(2)25(34)11-8-19-6-5-7-21(17-19)36-3/h4-7,9-10,17,22,24,28,33,35H,1,12-16,18H2,2-3H3/t22-,24-,28+,29+,30-/m1/s1. The van der Waals surface area contributed by atoms with Crippen molar-refractivity contribution in [3.05, 3.63) is 65.7 Å². The molecule has 7 nitrogen and oxygen atoms in total. The molecule has 1 saturated carbocycles. The van der Waals surface area contributed by atoms with Crippen molar-refractivity contribution >= 4 is 5.91 Å². The van der Waals surface area contributed by atoms with E-state index >= 15 is 0 Å². The van der Waals surface area contributed by atoms with Gasteiger partial charge in [-0.3, -0.25) is 9.69 Å². The van der Waals surface area contributed by atoms with Crippen molar-refractivity contribution in [3.63, 3.8) is 0 Å². The summed E-state index contributed by atoms with van der Waals surface area (Å²) in [5.41, 5.74) is 1.00. The van der Waals surface area contributed by atoms with Crippen LogP contribution in [-0.2, 0) is 16.6 Å². The summed E-state index contributed by atoms with van der Waals surface area (Å²) in [6.45, 7) is 5.42. The normalized spacial score (nSPS) is 30.8. The molecular weight excluding hydrogens is 468 g/mol. The molecule has 2 bridgehead atoms. The fraction of sp³-hybridized carbons (Fsp3) is 0.433. The fourth-order valence-electron chi connectivity index (χ4n) is 7.45. The number of hydrogen-bond acceptors (Lipinski definition) is 6. The second-order valence-electron chi connectivity index (χ2n) is 10.6. The topological polar surface area (TPSA) is 82.5 Å². The van der Waals surface area contributed by atoms with Gasteiger partial charge in [0.1, 0.15) is 11.9 Å². The number of amides is 1. The highest BCUT2D eigenvalue weighted by atomic mass is 16.5. The molecular formula is C30H32N2O5. The molecule has 37 heavy (non-hydrogen) atoms. The molecule has 7 heteroatoms. The van der Waals surface area contributed by atoms with Gasteiger partial charge in [0.05, 0.1) is 24.2 Å². The average molecular weight is 501 g/mol. The molecule has 0 radical (unpaired) electrons. The Bertz CT molecular complexity index is 1350. The Morgan fingerprint density at radius 1 is 1.35 bits per heavy atom. The Morgan fingerprint density at radius 2 is 2.19 bits per heavy atom. The monoisotopic (exact) mass is 500 g/mol. The SMILES string of the molecule is C=CCN1CC[C@]23c4c5ccc(O)c4O[C@H]2[C@H](N(C)C(=O)C#Cc2cccc(OC)c2)CC[C@@]3(O)[C@H]1C5. The van der Waals surface area contributed by atoms with Gasteiger partial charge in [-0.1, -0.05) is 24.1 Å². The first-order valence-electron chi connectivity index (χ1n) is 12.9. The van der Waals surface area contributed by atoms with Gasteiger partial charge in [0, 0.05) is 36.7 Å². The number of hydrogen-bond donors (Lipinski definition) is 2. The third kappa shape index (κ3) is 3.25. The highest BCUT2D eigenvalue weighted by Crippen LogP contribution is 2.65. The quantitative estimate of drug-likeness (QED) is 0.496. The summed E-state index contributed by atoms with van der Waals surface area (Å²) in [7, 11) is 3.35. The Kier molecular flexibility index (Phi) is 5.52. The minimum atomic E-state index is -1.03. The molecule has 5 atom stereocenters. The van der Waals surface area contributed by atoms with E-state index in [9.17, 15) is 15.0 Å². The molecule has 2 aromatic carbocycles. The highest BCUT2D eigenvalue weighted by Gasteiger charge is 2.73. The number of nitrogens with zero attached hydrogens (tertiary/aromatic N) is 2. The van der Waals surface area contributed by atoms with Crippen LogP contribution >= 0.6 is 0 Å². The molecule has 2 aliphatic carbocycles. The Labute approximate surface area is 217 Å². The molecule has 6 rings (SSSR count). The number of aromatic hydroxyl groups is 1. The van der Waals surface area contributed by atoms with Crippen molar-refractivity contribution in [2.75, 3.05) is 27.2 Å². The summed E-state index contributed by atoms with van der Waals surface area (Å²) < 4.78 is 11.8. The van der Waals surface area contributed by atoms with E-state index in [1.54, 1.807) is 31.2 Å². The maximum Gasteiger partial charge on any atom is 0.298 e. The lowest BCUT2D eigenvalue weighted by Gasteiger charge is -2.64. The van der Waals surface area contributed by atoms with Crippen molar-refractivity contribution in [3.8, 4) is 29.1 Å². The average Bonchev–Trinajstić information content (AvgIpc) is 3.26. The van der Waals surface area contributed by atoms with Gasteiger partial charge in [0.2, 0.25) is 0 Å². The van der Waals surface area contributed by atoms with Crippen LogP contribution in [0.4, 0.5) is 0 Å². The second-order valence-corrected chi connectivity index (χ2v) is 10.6. The van der Waals surface area contributed by atoms with Gasteiger partial charge < -0.3 is 24.6 Å². The van der Waals surface area contributed by atoms with Gasteiger partial charge in [-0.05, 0) is 62.1 Å². The summed E-state index contributed by atoms with van der Waals surface area (Å²) in [5, 5.41) is 23.2. The van der Waals surface area contributed by atoms with Crippen LogP contribution in [0.3, 0.4) is 0 Å². The van der Waals surface area contributed by atoms with Crippen LogP contribution < -0.4 is 9.47 Å². The molecule has 192 valence electrons. The van der Waals surface area contributed by atoms with Crippen molar-refractivity contribution < 1.29 is 24.5 Å². The zero-order valence-electron chi connectivity index (χ0n) is 21.2. The first-order chi connectivity index (χ1) is 17.8. The van der Waals surface area contributed by atoms with Crippen LogP contribution in [0.5, 0.6) is 17.2 Å². The second kappa shape index (κ2) is 8.54. The molecule has 2 aromatic rings. The number of phenolic OH excluding ortho intramolecular Hbond substituents is 1. The Hall–Kier alpha value is -3.47. The van der Waals surface area contributed by atoms with E-state index in [4.69, 9.17) is 9.47 Å². The number of likely N-dealkylation sites (N-methyl/N-ethyl adjacent to an activating group) is 1. The maximum atomic E-state index is 13.3. The van der Waals surface area contributed by atoms with Gasteiger partial charge in [0.15, 0.2) is 11.5 Å². The van der Waals surface area contributed by atoms with Crippen LogP contribution in [0.15, 0.2) is 49.1 Å². The number of rotatable bonds is 4. The van der Waals surface area contributed by atoms with E-state index in [0.717, 1.165) is 17.7 Å². The molecule has 1 spiro atoms. The molecule has 2 heterocycles. The number of carbonyl (C=O) groups excluding carboxylic acids is 1. The lowest BCUT2D eigenvalue weighted by atomic mass is 9.48.